The van der Waals surface area contributed by atoms with E-state index < -0.39 is 32.3 Å². The molecule has 0 aliphatic carbocycles. The van der Waals surface area contributed by atoms with E-state index >= 15 is 0 Å². The van der Waals surface area contributed by atoms with Gasteiger partial charge in [-0.15, -0.1) is 0 Å². The number of hydrogen-bond donors (Lipinski definition) is 4. The van der Waals surface area contributed by atoms with E-state index in [4.69, 9.17) is 9.29 Å². The number of aromatic nitrogens is 1. The van der Waals surface area contributed by atoms with Gasteiger partial charge in [-0.05, 0) is 68.5 Å². The van der Waals surface area contributed by atoms with Crippen LogP contribution in [0.2, 0.25) is 5.32 Å². The molecule has 1 amide bonds. The molecule has 1 radical (unpaired) electrons. The number of fused-ring (bicyclic) bond motifs is 2. The van der Waals surface area contributed by atoms with Crippen LogP contribution in [0, 0.1) is 20.8 Å². The number of amides is 1. The minimum Gasteiger partial charge on any atom is -0.286 e. The number of aryl methyl sites for hydroxylation is 4. The van der Waals surface area contributed by atoms with Crippen molar-refractivity contribution < 1.29 is 49.9 Å². The summed E-state index contributed by atoms with van der Waals surface area (Å²) in [6.07, 6.45) is 11.1. The first-order valence-electron chi connectivity index (χ1n) is 20.3. The molecule has 0 fully saturated rings. The number of carbonyl (C=O) groups is 2. The van der Waals surface area contributed by atoms with Crippen LogP contribution in [0.4, 0.5) is 4.79 Å². The number of carbonyl (C=O) groups excluding carboxylic acids is 1. The topological polar surface area (TPSA) is 188 Å². The van der Waals surface area contributed by atoms with Gasteiger partial charge in [0, 0.05) is 28.7 Å². The van der Waals surface area contributed by atoms with Gasteiger partial charge in [-0.1, -0.05) is 49.1 Å². The quantitative estimate of drug-likeness (QED) is 0.0154. The number of rotatable bonds is 19. The normalized spacial score (nSPS) is 12.4. The van der Waals surface area contributed by atoms with E-state index in [0.29, 0.717) is 40.9 Å². The molecule has 337 valence electrons. The Morgan fingerprint density at radius 2 is 1.68 bits per heavy atom. The number of hydrogen-bond acceptors (Lipinski definition) is 9. The molecule has 4 N–H and O–H groups in total. The number of aliphatic carboxylic acids is 1. The van der Waals surface area contributed by atoms with Crippen molar-refractivity contribution in [2.45, 2.75) is 101 Å². The molecule has 1 unspecified atom stereocenters. The molecule has 0 bridgehead atoms. The summed E-state index contributed by atoms with van der Waals surface area (Å²) in [6.45, 7) is 14.7. The number of unbranched alkanes of at least 4 members (excludes halogenated alkanes) is 2. The van der Waals surface area contributed by atoms with Crippen LogP contribution in [-0.2, 0) is 31.6 Å². The first kappa shape index (κ1) is 51.3. The predicted molar refractivity (Wildman–Crippen MR) is 256 cm³/mol. The first-order valence-corrected chi connectivity index (χ1v) is 26.2. The SMILES string of the molecule is C=C(/C=C/c1cc(/C=C/c2sc3c(C)cc(C)cc3[n+]2CCCCC(=O)O)c2ccc(OC(=O)NC(CC)C[Se])cc2c1)Sc1ccc(S(=O)(=O)O)cc1C.CCCCS(=O)(=O)O. The molecule has 17 heteroatoms. The zero-order chi connectivity index (χ0) is 46.5. The molecule has 1 aromatic heterocycles. The molecule has 1 heterocycles. The Morgan fingerprint density at radius 1 is 0.937 bits per heavy atom. The Balaban J connectivity index is 0.000000990. The van der Waals surface area contributed by atoms with Gasteiger partial charge in [-0.25, -0.2) is 0 Å². The fourth-order valence-electron chi connectivity index (χ4n) is 6.46. The van der Waals surface area contributed by atoms with Gasteiger partial charge in [0.15, 0.2) is 6.54 Å². The average molecular weight is 1000 g/mol. The van der Waals surface area contributed by atoms with Crippen LogP contribution in [0.3, 0.4) is 0 Å². The molecule has 4 aromatic carbocycles. The molecule has 0 spiro atoms. The number of carboxylic acids is 1. The Kier molecular flexibility index (Phi) is 19.2. The van der Waals surface area contributed by atoms with Crippen LogP contribution in [0.25, 0.3) is 39.2 Å². The smallest absolute Gasteiger partial charge is 0.286 e. The van der Waals surface area contributed by atoms with Gasteiger partial charge < -0.3 is 5.11 Å². The van der Waals surface area contributed by atoms with Crippen molar-refractivity contribution in [2.75, 3.05) is 5.75 Å². The molecule has 1 atom stereocenters. The van der Waals surface area contributed by atoms with Crippen LogP contribution in [0.1, 0.15) is 85.2 Å². The zero-order valence-corrected chi connectivity index (χ0v) is 40.9. The molecule has 0 aliphatic heterocycles. The van der Waals surface area contributed by atoms with Crippen LogP contribution in [-0.4, -0.2) is 70.9 Å². The van der Waals surface area contributed by atoms with Crippen molar-refractivity contribution in [2.24, 2.45) is 0 Å². The van der Waals surface area contributed by atoms with Crippen LogP contribution < -0.4 is 14.6 Å². The standard InChI is InChI=1S/C42H43N2O7S3Se.C4H10O3S/c1-6-33(25-55)43-42(47)51-34-13-15-36-31(12-17-39-44(18-8-7-9-40(45)46)37-20-26(2)19-28(4)41(37)53-39)22-30(23-32(36)24-34)11-10-29(5)52-38-16-14-35(21-27(38)3)54(48,49)50;1-2-3-4-8(5,6)7/h10-17,19-24,33H,5-9,18,25H2,1-4H3,(H2-,43,45,46,47,48,49,50);2-4H2,1H3,(H,5,6,7)/p+1/b11-10+,17-12+;. The zero-order valence-electron chi connectivity index (χ0n) is 35.9. The second-order valence-corrected chi connectivity index (χ2v) is 20.8. The van der Waals surface area contributed by atoms with Gasteiger partial charge in [0.1, 0.15) is 4.70 Å². The van der Waals surface area contributed by atoms with Crippen molar-refractivity contribution in [1.29, 1.82) is 0 Å². The summed E-state index contributed by atoms with van der Waals surface area (Å²) in [5.74, 6) is -0.489. The van der Waals surface area contributed by atoms with Crippen molar-refractivity contribution in [1.82, 2.24) is 5.32 Å². The maximum Gasteiger partial charge on any atom is 0.294 e. The van der Waals surface area contributed by atoms with Gasteiger partial charge in [0.2, 0.25) is 5.52 Å². The van der Waals surface area contributed by atoms with E-state index in [2.05, 4.69) is 76.7 Å². The Labute approximate surface area is 386 Å². The molecule has 0 saturated heterocycles. The summed E-state index contributed by atoms with van der Waals surface area (Å²) in [7, 11) is -7.99. The maximum absolute atomic E-state index is 12.7. The van der Waals surface area contributed by atoms with Gasteiger partial charge in [-0.3, -0.25) is 13.9 Å². The number of nitrogens with one attached hydrogen (secondary N) is 1. The summed E-state index contributed by atoms with van der Waals surface area (Å²) in [4.78, 5) is 25.3. The summed E-state index contributed by atoms with van der Waals surface area (Å²) in [5.41, 5.74) is 6.00. The largest absolute Gasteiger partial charge is 0.294 e. The fraction of sp³-hybridized carbons (Fsp3) is 0.326. The number of thiazole rings is 1. The van der Waals surface area contributed by atoms with Gasteiger partial charge in [0.25, 0.3) is 25.2 Å². The van der Waals surface area contributed by atoms with E-state index in [1.165, 1.54) is 34.2 Å². The predicted octanol–water partition coefficient (Wildman–Crippen LogP) is 10.4. The second-order valence-electron chi connectivity index (χ2n) is 14.9. The molecule has 0 saturated carbocycles. The average Bonchev–Trinajstić information content (AvgIpc) is 3.56. The monoisotopic (exact) mass is 1000 g/mol. The number of nitrogens with zero attached hydrogens (tertiary/aromatic N) is 1. The molecule has 5 aromatic rings. The van der Waals surface area contributed by atoms with E-state index in [9.17, 15) is 36.1 Å². The van der Waals surface area contributed by atoms with Crippen molar-refractivity contribution >= 4 is 111 Å². The second kappa shape index (κ2) is 23.6. The summed E-state index contributed by atoms with van der Waals surface area (Å²) in [6, 6.07) is 18.5. The van der Waals surface area contributed by atoms with Gasteiger partial charge in [0.05, 0.1) is 10.6 Å². The van der Waals surface area contributed by atoms with Crippen LogP contribution in [0.5, 0.6) is 5.75 Å². The van der Waals surface area contributed by atoms with E-state index in [0.717, 1.165) is 62.1 Å². The minimum atomic E-state index is -4.30. The van der Waals surface area contributed by atoms with Gasteiger partial charge in [-0.2, -0.15) is 21.4 Å². The number of ether oxygens (including phenoxy) is 1. The summed E-state index contributed by atoms with van der Waals surface area (Å²) >= 11 is 6.05. The molecular weight excluding hydrogens is 948 g/mol. The molecule has 63 heavy (non-hydrogen) atoms. The Bertz CT molecular complexity index is 2740. The third kappa shape index (κ3) is 16.0. The summed E-state index contributed by atoms with van der Waals surface area (Å²) < 4.78 is 69.8. The van der Waals surface area contributed by atoms with Crippen molar-refractivity contribution in [3.63, 3.8) is 0 Å². The number of carboxylic acid groups (broad SMARTS) is 1. The third-order valence-electron chi connectivity index (χ3n) is 9.70. The van der Waals surface area contributed by atoms with E-state index in [1.807, 2.05) is 44.2 Å². The van der Waals surface area contributed by atoms with Crippen molar-refractivity contribution in [3.05, 3.63) is 111 Å². The Hall–Kier alpha value is -4.32. The van der Waals surface area contributed by atoms with E-state index in [1.54, 1.807) is 30.4 Å². The summed E-state index contributed by atoms with van der Waals surface area (Å²) in [5, 5.41) is 15.6. The van der Waals surface area contributed by atoms with Crippen LogP contribution in [0.15, 0.2) is 88.0 Å². The third-order valence-corrected chi connectivity index (χ3v) is 14.6. The van der Waals surface area contributed by atoms with Crippen LogP contribution >= 0.6 is 23.1 Å². The van der Waals surface area contributed by atoms with Crippen molar-refractivity contribution in [3.8, 4) is 5.75 Å². The minimum absolute atomic E-state index is 0.0293. The molecular formula is C46H54N2O10S4Se+. The Morgan fingerprint density at radius 3 is 2.30 bits per heavy atom. The fourth-order valence-corrected chi connectivity index (χ4v) is 10.3. The number of benzene rings is 4. The number of allylic oxidation sites excluding steroid dienone is 1. The molecule has 0 aliphatic rings. The van der Waals surface area contributed by atoms with E-state index in [-0.39, 0.29) is 23.1 Å². The maximum atomic E-state index is 12.7. The molecule has 12 nitrogen and oxygen atoms in total. The first-order chi connectivity index (χ1) is 29.7. The van der Waals surface area contributed by atoms with Gasteiger partial charge >= 0.3 is 150 Å². The molecule has 5 rings (SSSR count). The number of thioether (sulfide) groups is 1.